The van der Waals surface area contributed by atoms with Crippen LogP contribution in [0.1, 0.15) is 47.0 Å². The van der Waals surface area contributed by atoms with Crippen LogP contribution in [0.4, 0.5) is 0 Å². The number of hydrogen-bond donors (Lipinski definition) is 0. The Labute approximate surface area is 81.1 Å². The summed E-state index contributed by atoms with van der Waals surface area (Å²) in [5.41, 5.74) is -0.400. The van der Waals surface area contributed by atoms with Crippen LogP contribution in [-0.4, -0.2) is 17.2 Å². The molecule has 0 radical (unpaired) electrons. The van der Waals surface area contributed by atoms with Gasteiger partial charge in [-0.1, -0.05) is 0 Å². The van der Waals surface area contributed by atoms with Crippen LogP contribution in [0, 0.1) is 6.57 Å². The highest BCUT2D eigenvalue weighted by Crippen LogP contribution is 2.34. The van der Waals surface area contributed by atoms with E-state index in [2.05, 4.69) is 18.7 Å². The molecule has 0 aromatic carbocycles. The van der Waals surface area contributed by atoms with E-state index >= 15 is 0 Å². The molecule has 0 aliphatic carbocycles. The predicted octanol–water partition coefficient (Wildman–Crippen LogP) is 3.03. The molecule has 0 bridgehead atoms. The third-order valence-electron chi connectivity index (χ3n) is 2.78. The number of nitrogens with zero attached hydrogens (tertiary/aromatic N) is 1. The van der Waals surface area contributed by atoms with E-state index in [1.165, 1.54) is 6.42 Å². The minimum absolute atomic E-state index is 0.0368. The first-order valence-corrected chi connectivity index (χ1v) is 4.94. The minimum atomic E-state index is -0.363. The number of ether oxygens (including phenoxy) is 1. The second-order valence-corrected chi connectivity index (χ2v) is 5.02. The van der Waals surface area contributed by atoms with Crippen molar-refractivity contribution in [1.82, 2.24) is 0 Å². The predicted molar refractivity (Wildman–Crippen MR) is 53.5 cm³/mol. The van der Waals surface area contributed by atoms with Crippen LogP contribution >= 0.6 is 0 Å². The van der Waals surface area contributed by atoms with Gasteiger partial charge < -0.3 is 9.58 Å². The Hall–Kier alpha value is -0.550. The molecule has 0 aromatic heterocycles. The molecule has 1 atom stereocenters. The van der Waals surface area contributed by atoms with Gasteiger partial charge in [-0.05, 0) is 33.1 Å². The van der Waals surface area contributed by atoms with E-state index in [1.807, 2.05) is 13.8 Å². The summed E-state index contributed by atoms with van der Waals surface area (Å²) >= 11 is 0. The Balaban J connectivity index is 2.68. The quantitative estimate of drug-likeness (QED) is 0.567. The lowest BCUT2D eigenvalue weighted by molar-refractivity contribution is -0.123. The SMILES string of the molecule is [C-]#[N+]C(C)(C)C1CCCC(C)(C)O1. The van der Waals surface area contributed by atoms with Crippen molar-refractivity contribution in [3.63, 3.8) is 0 Å². The highest BCUT2D eigenvalue weighted by atomic mass is 16.5. The van der Waals surface area contributed by atoms with Gasteiger partial charge in [0.15, 0.2) is 0 Å². The summed E-state index contributed by atoms with van der Waals surface area (Å²) in [6.45, 7) is 15.3. The Bertz CT molecular complexity index is 225. The smallest absolute Gasteiger partial charge is 0.252 e. The molecule has 1 aliphatic heterocycles. The van der Waals surface area contributed by atoms with Crippen molar-refractivity contribution in [2.45, 2.75) is 64.2 Å². The van der Waals surface area contributed by atoms with E-state index in [4.69, 9.17) is 11.3 Å². The van der Waals surface area contributed by atoms with E-state index < -0.39 is 0 Å². The van der Waals surface area contributed by atoms with Gasteiger partial charge >= 0.3 is 0 Å². The molecular weight excluding hydrogens is 162 g/mol. The highest BCUT2D eigenvalue weighted by molar-refractivity contribution is 4.99. The monoisotopic (exact) mass is 181 g/mol. The molecule has 1 aliphatic rings. The van der Waals surface area contributed by atoms with Crippen LogP contribution in [0.5, 0.6) is 0 Å². The molecule has 2 heteroatoms. The van der Waals surface area contributed by atoms with E-state index in [1.54, 1.807) is 0 Å². The fraction of sp³-hybridized carbons (Fsp3) is 0.909. The van der Waals surface area contributed by atoms with Crippen LogP contribution < -0.4 is 0 Å². The van der Waals surface area contributed by atoms with Gasteiger partial charge in [-0.3, -0.25) is 0 Å². The molecule has 1 unspecified atom stereocenters. The maximum atomic E-state index is 7.12. The van der Waals surface area contributed by atoms with Gasteiger partial charge in [-0.25, -0.2) is 6.57 Å². The van der Waals surface area contributed by atoms with Crippen LogP contribution in [0.2, 0.25) is 0 Å². The van der Waals surface area contributed by atoms with Gasteiger partial charge in [0.1, 0.15) is 6.10 Å². The van der Waals surface area contributed by atoms with E-state index in [0.29, 0.717) is 0 Å². The number of rotatable bonds is 1. The Morgan fingerprint density at radius 3 is 2.54 bits per heavy atom. The van der Waals surface area contributed by atoms with Gasteiger partial charge in [-0.2, -0.15) is 0 Å². The third-order valence-corrected chi connectivity index (χ3v) is 2.78. The molecule has 1 rings (SSSR count). The molecule has 13 heavy (non-hydrogen) atoms. The lowest BCUT2D eigenvalue weighted by Crippen LogP contribution is -2.45. The lowest BCUT2D eigenvalue weighted by Gasteiger charge is -2.38. The maximum absolute atomic E-state index is 7.12. The van der Waals surface area contributed by atoms with Crippen molar-refractivity contribution in [2.75, 3.05) is 0 Å². The van der Waals surface area contributed by atoms with Gasteiger partial charge in [0.05, 0.1) is 5.60 Å². The summed E-state index contributed by atoms with van der Waals surface area (Å²) in [5.74, 6) is 0. The molecule has 0 N–H and O–H groups in total. The zero-order chi connectivity index (χ0) is 10.1. The molecule has 0 aromatic rings. The molecule has 2 nitrogen and oxygen atoms in total. The first-order chi connectivity index (χ1) is 5.87. The standard InChI is InChI=1S/C11H19NO/c1-10(2)8-6-7-9(13-10)11(3,4)12-5/h9H,6-8H2,1-4H3. The van der Waals surface area contributed by atoms with Gasteiger partial charge in [0.25, 0.3) is 5.54 Å². The summed E-state index contributed by atoms with van der Waals surface area (Å²) in [6.07, 6.45) is 3.42. The van der Waals surface area contributed by atoms with Crippen molar-refractivity contribution in [2.24, 2.45) is 0 Å². The van der Waals surface area contributed by atoms with Crippen LogP contribution in [0.15, 0.2) is 0 Å². The Kier molecular flexibility index (Phi) is 2.68. The summed E-state index contributed by atoms with van der Waals surface area (Å²) < 4.78 is 5.92. The molecule has 0 spiro atoms. The molecule has 1 heterocycles. The normalized spacial score (nSPS) is 28.1. The third kappa shape index (κ3) is 2.45. The van der Waals surface area contributed by atoms with Crippen LogP contribution in [0.3, 0.4) is 0 Å². The maximum Gasteiger partial charge on any atom is 0.252 e. The lowest BCUT2D eigenvalue weighted by atomic mass is 9.87. The fourth-order valence-electron chi connectivity index (χ4n) is 1.79. The Morgan fingerprint density at radius 2 is 2.08 bits per heavy atom. The fourth-order valence-corrected chi connectivity index (χ4v) is 1.79. The largest absolute Gasteiger partial charge is 0.364 e. The zero-order valence-electron chi connectivity index (χ0n) is 9.05. The molecule has 74 valence electrons. The average Bonchev–Trinajstić information content (AvgIpc) is 2.03. The van der Waals surface area contributed by atoms with Crippen molar-refractivity contribution >= 4 is 0 Å². The van der Waals surface area contributed by atoms with Crippen molar-refractivity contribution in [1.29, 1.82) is 0 Å². The summed E-state index contributed by atoms with van der Waals surface area (Å²) in [5, 5.41) is 0. The van der Waals surface area contributed by atoms with Crippen LogP contribution in [0.25, 0.3) is 4.85 Å². The Morgan fingerprint density at radius 1 is 1.46 bits per heavy atom. The van der Waals surface area contributed by atoms with Gasteiger partial charge in [-0.15, -0.1) is 0 Å². The van der Waals surface area contributed by atoms with Gasteiger partial charge in [0.2, 0.25) is 0 Å². The summed E-state index contributed by atoms with van der Waals surface area (Å²) in [6, 6.07) is 0. The molecule has 1 saturated heterocycles. The minimum Gasteiger partial charge on any atom is -0.364 e. The van der Waals surface area contributed by atoms with E-state index in [9.17, 15) is 0 Å². The molecule has 0 saturated carbocycles. The second kappa shape index (κ2) is 3.31. The second-order valence-electron chi connectivity index (χ2n) is 5.02. The van der Waals surface area contributed by atoms with Crippen molar-refractivity contribution in [3.05, 3.63) is 11.4 Å². The van der Waals surface area contributed by atoms with E-state index in [0.717, 1.165) is 12.8 Å². The first-order valence-electron chi connectivity index (χ1n) is 4.94. The average molecular weight is 181 g/mol. The van der Waals surface area contributed by atoms with Crippen molar-refractivity contribution in [3.8, 4) is 0 Å². The molecular formula is C11H19NO. The van der Waals surface area contributed by atoms with Crippen LogP contribution in [-0.2, 0) is 4.74 Å². The zero-order valence-corrected chi connectivity index (χ0v) is 9.05. The molecule has 1 fully saturated rings. The topological polar surface area (TPSA) is 13.6 Å². The summed E-state index contributed by atoms with van der Waals surface area (Å²) in [7, 11) is 0. The number of hydrogen-bond acceptors (Lipinski definition) is 1. The van der Waals surface area contributed by atoms with Gasteiger partial charge in [0, 0.05) is 13.8 Å². The highest BCUT2D eigenvalue weighted by Gasteiger charge is 2.42. The van der Waals surface area contributed by atoms with E-state index in [-0.39, 0.29) is 17.2 Å². The van der Waals surface area contributed by atoms with Crippen molar-refractivity contribution < 1.29 is 4.74 Å². The molecule has 0 amide bonds. The first kappa shape index (κ1) is 10.5. The summed E-state index contributed by atoms with van der Waals surface area (Å²) in [4.78, 5) is 3.63.